The molecule has 2 rings (SSSR count). The molecule has 0 aromatic carbocycles. The average molecular weight is 352 g/mol. The van der Waals surface area contributed by atoms with Crippen LogP contribution >= 0.6 is 11.3 Å². The summed E-state index contributed by atoms with van der Waals surface area (Å²) in [5, 5.41) is 8.79. The molecule has 8 nitrogen and oxygen atoms in total. The Hall–Kier alpha value is -2.29. The zero-order valence-electron chi connectivity index (χ0n) is 13.9. The molecule has 0 saturated heterocycles. The van der Waals surface area contributed by atoms with Crippen molar-refractivity contribution in [1.82, 2.24) is 15.1 Å². The van der Waals surface area contributed by atoms with Gasteiger partial charge in [0.2, 0.25) is 11.8 Å². The molecule has 0 fully saturated rings. The highest BCUT2D eigenvalue weighted by Crippen LogP contribution is 2.17. The minimum absolute atomic E-state index is 0.0955. The fourth-order valence-electron chi connectivity index (χ4n) is 1.85. The molecule has 0 bridgehead atoms. The van der Waals surface area contributed by atoms with Gasteiger partial charge in [0, 0.05) is 24.1 Å². The second kappa shape index (κ2) is 8.53. The Morgan fingerprint density at radius 3 is 2.83 bits per heavy atom. The van der Waals surface area contributed by atoms with Crippen molar-refractivity contribution in [2.45, 2.75) is 45.4 Å². The molecule has 1 N–H and O–H groups in total. The van der Waals surface area contributed by atoms with Crippen LogP contribution in [0, 0.1) is 0 Å². The number of aromatic nitrogens is 3. The number of esters is 1. The van der Waals surface area contributed by atoms with E-state index in [4.69, 9.17) is 4.52 Å². The third-order valence-corrected chi connectivity index (χ3v) is 3.95. The molecular weight excluding hydrogens is 332 g/mol. The number of carbonyl (C=O) groups excluding carboxylic acids is 2. The Kier molecular flexibility index (Phi) is 6.42. The average Bonchev–Trinajstić information content (AvgIpc) is 3.17. The van der Waals surface area contributed by atoms with E-state index in [1.165, 1.54) is 18.4 Å². The van der Waals surface area contributed by atoms with Gasteiger partial charge in [-0.25, -0.2) is 4.98 Å². The van der Waals surface area contributed by atoms with Crippen molar-refractivity contribution in [2.24, 2.45) is 0 Å². The number of amides is 1. The van der Waals surface area contributed by atoms with Crippen LogP contribution in [0.15, 0.2) is 9.90 Å². The van der Waals surface area contributed by atoms with Crippen LogP contribution in [-0.4, -0.2) is 34.1 Å². The molecular formula is C15H20N4O4S. The molecule has 0 unspecified atom stereocenters. The van der Waals surface area contributed by atoms with Crippen molar-refractivity contribution in [3.05, 3.63) is 22.8 Å². The molecule has 0 saturated carbocycles. The first-order valence-corrected chi connectivity index (χ1v) is 8.49. The Morgan fingerprint density at radius 1 is 1.38 bits per heavy atom. The molecule has 0 spiro atoms. The van der Waals surface area contributed by atoms with Crippen molar-refractivity contribution in [2.75, 3.05) is 12.4 Å². The Balaban J connectivity index is 1.74. The van der Waals surface area contributed by atoms with Crippen molar-refractivity contribution in [3.8, 4) is 0 Å². The van der Waals surface area contributed by atoms with Gasteiger partial charge in [0.05, 0.1) is 19.2 Å². The third-order valence-electron chi connectivity index (χ3n) is 3.15. The van der Waals surface area contributed by atoms with Gasteiger partial charge in [-0.3, -0.25) is 9.59 Å². The predicted octanol–water partition coefficient (Wildman–Crippen LogP) is 2.33. The number of anilines is 1. The lowest BCUT2D eigenvalue weighted by Crippen LogP contribution is -2.11. The zero-order valence-corrected chi connectivity index (χ0v) is 14.7. The number of rotatable bonds is 8. The second-order valence-electron chi connectivity index (χ2n) is 5.50. The molecule has 130 valence electrons. The van der Waals surface area contributed by atoms with E-state index in [-0.39, 0.29) is 24.2 Å². The number of methoxy groups -OCH3 is 1. The Bertz CT molecular complexity index is 695. The standard InChI is InChI=1S/C15H20N4O4S/c1-9(2)14-18-12(23-19-14)6-4-5-11(20)17-15-16-10(8-24-15)7-13(21)22-3/h8-9H,4-7H2,1-3H3,(H,16,17,20). The number of ether oxygens (including phenoxy) is 1. The summed E-state index contributed by atoms with van der Waals surface area (Å²) in [7, 11) is 1.32. The van der Waals surface area contributed by atoms with Crippen LogP contribution in [-0.2, 0) is 27.2 Å². The topological polar surface area (TPSA) is 107 Å². The molecule has 2 aromatic heterocycles. The van der Waals surface area contributed by atoms with E-state index in [0.29, 0.717) is 41.8 Å². The summed E-state index contributed by atoms with van der Waals surface area (Å²) in [6.07, 6.45) is 1.58. The van der Waals surface area contributed by atoms with Gasteiger partial charge in [-0.15, -0.1) is 11.3 Å². The fourth-order valence-corrected chi connectivity index (χ4v) is 2.58. The largest absolute Gasteiger partial charge is 0.469 e. The summed E-state index contributed by atoms with van der Waals surface area (Å²) < 4.78 is 9.70. The number of hydrogen-bond acceptors (Lipinski definition) is 8. The summed E-state index contributed by atoms with van der Waals surface area (Å²) in [5.41, 5.74) is 0.578. The predicted molar refractivity (Wildman–Crippen MR) is 87.8 cm³/mol. The number of hydrogen-bond donors (Lipinski definition) is 1. The molecule has 24 heavy (non-hydrogen) atoms. The summed E-state index contributed by atoms with van der Waals surface area (Å²) in [4.78, 5) is 31.5. The van der Waals surface area contributed by atoms with Crippen LogP contribution in [0.3, 0.4) is 0 Å². The maximum Gasteiger partial charge on any atom is 0.311 e. The van der Waals surface area contributed by atoms with E-state index in [2.05, 4.69) is 25.2 Å². The quantitative estimate of drug-likeness (QED) is 0.726. The lowest BCUT2D eigenvalue weighted by atomic mass is 10.2. The van der Waals surface area contributed by atoms with Crippen LogP contribution in [0.2, 0.25) is 0 Å². The van der Waals surface area contributed by atoms with Gasteiger partial charge < -0.3 is 14.6 Å². The van der Waals surface area contributed by atoms with Crippen LogP contribution in [0.1, 0.15) is 50.0 Å². The maximum atomic E-state index is 11.9. The molecule has 9 heteroatoms. The maximum absolute atomic E-state index is 11.9. The fraction of sp³-hybridized carbons (Fsp3) is 0.533. The molecule has 0 aliphatic carbocycles. The lowest BCUT2D eigenvalue weighted by molar-refractivity contribution is -0.139. The first-order valence-electron chi connectivity index (χ1n) is 7.61. The van der Waals surface area contributed by atoms with E-state index < -0.39 is 0 Å². The number of nitrogens with one attached hydrogen (secondary N) is 1. The number of thiazole rings is 1. The molecule has 0 aliphatic heterocycles. The van der Waals surface area contributed by atoms with E-state index in [1.807, 2.05) is 13.8 Å². The lowest BCUT2D eigenvalue weighted by Gasteiger charge is -2.00. The van der Waals surface area contributed by atoms with E-state index in [1.54, 1.807) is 5.38 Å². The van der Waals surface area contributed by atoms with E-state index in [0.717, 1.165) is 0 Å². The highest BCUT2D eigenvalue weighted by atomic mass is 32.1. The van der Waals surface area contributed by atoms with Gasteiger partial charge in [-0.05, 0) is 6.42 Å². The van der Waals surface area contributed by atoms with Gasteiger partial charge >= 0.3 is 5.97 Å². The van der Waals surface area contributed by atoms with E-state index >= 15 is 0 Å². The van der Waals surface area contributed by atoms with Crippen LogP contribution in [0.4, 0.5) is 5.13 Å². The molecule has 2 heterocycles. The summed E-state index contributed by atoms with van der Waals surface area (Å²) >= 11 is 1.28. The minimum Gasteiger partial charge on any atom is -0.469 e. The summed E-state index contributed by atoms with van der Waals surface area (Å²) in [5.74, 6) is 0.933. The van der Waals surface area contributed by atoms with Gasteiger partial charge in [0.25, 0.3) is 0 Å². The Labute approximate surface area is 143 Å². The van der Waals surface area contributed by atoms with E-state index in [9.17, 15) is 9.59 Å². The van der Waals surface area contributed by atoms with Crippen LogP contribution < -0.4 is 5.32 Å². The number of nitrogens with zero attached hydrogens (tertiary/aromatic N) is 3. The number of carbonyl (C=O) groups is 2. The number of aryl methyl sites for hydroxylation is 1. The van der Waals surface area contributed by atoms with Gasteiger partial charge in [0.15, 0.2) is 11.0 Å². The van der Waals surface area contributed by atoms with Gasteiger partial charge in [-0.1, -0.05) is 19.0 Å². The second-order valence-corrected chi connectivity index (χ2v) is 6.36. The van der Waals surface area contributed by atoms with Crippen molar-refractivity contribution >= 4 is 28.3 Å². The smallest absolute Gasteiger partial charge is 0.311 e. The molecule has 0 radical (unpaired) electrons. The SMILES string of the molecule is COC(=O)Cc1csc(NC(=O)CCCc2nc(C(C)C)no2)n1. The molecule has 2 aromatic rings. The first-order chi connectivity index (χ1) is 11.5. The monoisotopic (exact) mass is 352 g/mol. The third kappa shape index (κ3) is 5.41. The zero-order chi connectivity index (χ0) is 17.5. The first kappa shape index (κ1) is 18.1. The molecule has 0 aliphatic rings. The van der Waals surface area contributed by atoms with Crippen LogP contribution in [0.25, 0.3) is 0 Å². The summed E-state index contributed by atoms with van der Waals surface area (Å²) in [6, 6.07) is 0. The molecule has 1 amide bonds. The summed E-state index contributed by atoms with van der Waals surface area (Å²) in [6.45, 7) is 3.98. The van der Waals surface area contributed by atoms with Crippen molar-refractivity contribution in [3.63, 3.8) is 0 Å². The van der Waals surface area contributed by atoms with Crippen molar-refractivity contribution < 1.29 is 18.8 Å². The van der Waals surface area contributed by atoms with Gasteiger partial charge in [0.1, 0.15) is 0 Å². The van der Waals surface area contributed by atoms with Gasteiger partial charge in [-0.2, -0.15) is 4.98 Å². The highest BCUT2D eigenvalue weighted by molar-refractivity contribution is 7.13. The van der Waals surface area contributed by atoms with Crippen molar-refractivity contribution in [1.29, 1.82) is 0 Å². The molecule has 0 atom stereocenters. The normalized spacial score (nSPS) is 10.8. The van der Waals surface area contributed by atoms with Crippen LogP contribution in [0.5, 0.6) is 0 Å². The highest BCUT2D eigenvalue weighted by Gasteiger charge is 2.12. The minimum atomic E-state index is -0.362. The Morgan fingerprint density at radius 2 is 2.17 bits per heavy atom.